The van der Waals surface area contributed by atoms with Crippen molar-refractivity contribution < 1.29 is 14.2 Å². The quantitative estimate of drug-likeness (QED) is 0.394. The fraction of sp³-hybridized carbons (Fsp3) is 0.346. The number of nitrogens with zero attached hydrogens (tertiary/aromatic N) is 5. The van der Waals surface area contributed by atoms with Gasteiger partial charge in [-0.25, -0.2) is 4.68 Å². The maximum atomic E-state index is 5.39. The molecule has 0 saturated carbocycles. The predicted octanol–water partition coefficient (Wildman–Crippen LogP) is 3.61. The molecule has 3 heterocycles. The normalized spacial score (nSPS) is 12.6. The summed E-state index contributed by atoms with van der Waals surface area (Å²) < 4.78 is 17.9. The van der Waals surface area contributed by atoms with E-state index in [1.165, 1.54) is 5.56 Å². The Hall–Kier alpha value is -4.01. The maximum absolute atomic E-state index is 5.39. The molecule has 0 spiro atoms. The lowest BCUT2D eigenvalue weighted by Crippen LogP contribution is -2.29. The van der Waals surface area contributed by atoms with Gasteiger partial charge in [0.2, 0.25) is 5.95 Å². The summed E-state index contributed by atoms with van der Waals surface area (Å²) >= 11 is 0. The molecule has 0 amide bonds. The number of aromatic nitrogens is 4. The number of hydrogen-bond donors (Lipinski definition) is 1. The highest BCUT2D eigenvalue weighted by molar-refractivity contribution is 5.92. The molecule has 0 aliphatic carbocycles. The van der Waals surface area contributed by atoms with Gasteiger partial charge in [-0.05, 0) is 41.8 Å². The zero-order valence-electron chi connectivity index (χ0n) is 20.5. The Balaban J connectivity index is 1.38. The maximum Gasteiger partial charge on any atom is 0.226 e. The van der Waals surface area contributed by atoms with E-state index in [1.54, 1.807) is 21.3 Å². The lowest BCUT2D eigenvalue weighted by atomic mass is 10.1. The lowest BCUT2D eigenvalue weighted by Gasteiger charge is -2.28. The van der Waals surface area contributed by atoms with Gasteiger partial charge in [-0.15, -0.1) is 0 Å². The molecular weight excluding hydrogens is 444 g/mol. The van der Waals surface area contributed by atoms with Gasteiger partial charge in [0.25, 0.3) is 0 Å². The second kappa shape index (κ2) is 9.69. The molecule has 1 N–H and O–H groups in total. The molecular formula is C26H30N6O3. The van der Waals surface area contributed by atoms with Gasteiger partial charge >= 0.3 is 0 Å². The second-order valence-corrected chi connectivity index (χ2v) is 8.56. The SMILES string of the molecule is COc1ccc(CN2CCc3nn(C)c4nc(NCCc5cc(OC)cc(OC)c5)nc2c34)cc1. The molecule has 1 aliphatic heterocycles. The number of benzene rings is 2. The fourth-order valence-electron chi connectivity index (χ4n) is 4.47. The molecule has 2 aromatic heterocycles. The molecule has 2 aromatic carbocycles. The smallest absolute Gasteiger partial charge is 0.226 e. The van der Waals surface area contributed by atoms with Crippen LogP contribution >= 0.6 is 0 Å². The average Bonchev–Trinajstić information content (AvgIpc) is 3.21. The average molecular weight is 475 g/mol. The Morgan fingerprint density at radius 3 is 2.29 bits per heavy atom. The summed E-state index contributed by atoms with van der Waals surface area (Å²) in [5, 5.41) is 9.15. The van der Waals surface area contributed by atoms with E-state index in [2.05, 4.69) is 22.3 Å². The van der Waals surface area contributed by atoms with E-state index < -0.39 is 0 Å². The zero-order valence-corrected chi connectivity index (χ0v) is 20.5. The minimum Gasteiger partial charge on any atom is -0.497 e. The third-order valence-electron chi connectivity index (χ3n) is 6.30. The van der Waals surface area contributed by atoms with Crippen LogP contribution in [0.2, 0.25) is 0 Å². The van der Waals surface area contributed by atoms with Crippen LogP contribution in [0, 0.1) is 0 Å². The van der Waals surface area contributed by atoms with Crippen LogP contribution in [-0.4, -0.2) is 54.2 Å². The Morgan fingerprint density at radius 1 is 0.886 bits per heavy atom. The Labute approximate surface area is 204 Å². The van der Waals surface area contributed by atoms with Crippen molar-refractivity contribution in [3.8, 4) is 17.2 Å². The number of methoxy groups -OCH3 is 3. The first-order valence-corrected chi connectivity index (χ1v) is 11.6. The van der Waals surface area contributed by atoms with Crippen LogP contribution in [0.1, 0.15) is 16.8 Å². The van der Waals surface area contributed by atoms with Crippen molar-refractivity contribution in [3.63, 3.8) is 0 Å². The monoisotopic (exact) mass is 474 g/mol. The van der Waals surface area contributed by atoms with E-state index in [4.69, 9.17) is 29.3 Å². The number of aryl methyl sites for hydroxylation is 1. The van der Waals surface area contributed by atoms with Crippen LogP contribution in [0.15, 0.2) is 42.5 Å². The topological polar surface area (TPSA) is 86.6 Å². The molecule has 9 heteroatoms. The third-order valence-corrected chi connectivity index (χ3v) is 6.30. The standard InChI is InChI=1S/C26H30N6O3/c1-31-24-23-22(30-31)10-12-32(16-17-5-7-19(33-2)8-6-17)25(23)29-26(28-24)27-11-9-18-13-20(34-3)15-21(14-18)35-4/h5-8,13-15H,9-12,16H2,1-4H3,(H,27,28,29). The Kier molecular flexibility index (Phi) is 6.31. The van der Waals surface area contributed by atoms with Gasteiger partial charge in [-0.3, -0.25) is 0 Å². The summed E-state index contributed by atoms with van der Waals surface area (Å²) in [6.45, 7) is 2.28. The van der Waals surface area contributed by atoms with Crippen LogP contribution in [0.5, 0.6) is 17.2 Å². The highest BCUT2D eigenvalue weighted by atomic mass is 16.5. The van der Waals surface area contributed by atoms with Crippen molar-refractivity contribution in [1.82, 2.24) is 19.7 Å². The molecule has 0 atom stereocenters. The van der Waals surface area contributed by atoms with Gasteiger partial charge in [0, 0.05) is 39.2 Å². The number of nitrogens with one attached hydrogen (secondary N) is 1. The van der Waals surface area contributed by atoms with Crippen molar-refractivity contribution in [1.29, 1.82) is 0 Å². The zero-order chi connectivity index (χ0) is 24.4. The first kappa shape index (κ1) is 22.8. The fourth-order valence-corrected chi connectivity index (χ4v) is 4.47. The summed E-state index contributed by atoms with van der Waals surface area (Å²) in [5.41, 5.74) is 4.21. The molecule has 0 radical (unpaired) electrons. The number of rotatable bonds is 9. The molecule has 9 nitrogen and oxygen atoms in total. The molecule has 0 bridgehead atoms. The summed E-state index contributed by atoms with van der Waals surface area (Å²) in [6.07, 6.45) is 1.64. The minimum absolute atomic E-state index is 0.596. The van der Waals surface area contributed by atoms with E-state index in [0.29, 0.717) is 12.5 Å². The molecule has 1 aliphatic rings. The molecule has 0 unspecified atom stereocenters. The van der Waals surface area contributed by atoms with Gasteiger partial charge in [0.05, 0.1) is 32.4 Å². The molecule has 182 valence electrons. The van der Waals surface area contributed by atoms with E-state index in [1.807, 2.05) is 42.1 Å². The van der Waals surface area contributed by atoms with Crippen LogP contribution in [0.25, 0.3) is 11.0 Å². The van der Waals surface area contributed by atoms with E-state index in [0.717, 1.165) is 71.3 Å². The molecule has 0 saturated heterocycles. The van der Waals surface area contributed by atoms with Crippen molar-refractivity contribution in [3.05, 3.63) is 59.3 Å². The van der Waals surface area contributed by atoms with Crippen LogP contribution < -0.4 is 24.4 Å². The lowest BCUT2D eigenvalue weighted by molar-refractivity contribution is 0.393. The molecule has 0 fully saturated rings. The molecule has 4 aromatic rings. The second-order valence-electron chi connectivity index (χ2n) is 8.56. The Morgan fingerprint density at radius 2 is 1.60 bits per heavy atom. The van der Waals surface area contributed by atoms with Crippen molar-refractivity contribution >= 4 is 22.8 Å². The Bertz CT molecular complexity index is 1310. The number of ether oxygens (including phenoxy) is 3. The van der Waals surface area contributed by atoms with Crippen LogP contribution in [0.3, 0.4) is 0 Å². The molecule has 5 rings (SSSR count). The first-order chi connectivity index (χ1) is 17.1. The number of hydrogen-bond acceptors (Lipinski definition) is 8. The van der Waals surface area contributed by atoms with Crippen LogP contribution in [0.4, 0.5) is 11.8 Å². The van der Waals surface area contributed by atoms with Crippen molar-refractivity contribution in [2.45, 2.75) is 19.4 Å². The van der Waals surface area contributed by atoms with Gasteiger partial charge in [-0.1, -0.05) is 12.1 Å². The third kappa shape index (κ3) is 4.66. The minimum atomic E-state index is 0.596. The summed E-state index contributed by atoms with van der Waals surface area (Å²) in [6, 6.07) is 14.1. The predicted molar refractivity (Wildman–Crippen MR) is 136 cm³/mol. The number of anilines is 2. The summed E-state index contributed by atoms with van der Waals surface area (Å²) in [4.78, 5) is 12.0. The molecule has 35 heavy (non-hydrogen) atoms. The largest absolute Gasteiger partial charge is 0.497 e. The van der Waals surface area contributed by atoms with Gasteiger partial charge in [0.1, 0.15) is 23.1 Å². The van der Waals surface area contributed by atoms with Gasteiger partial charge in [-0.2, -0.15) is 15.1 Å². The summed E-state index contributed by atoms with van der Waals surface area (Å²) in [7, 11) is 6.94. The highest BCUT2D eigenvalue weighted by Crippen LogP contribution is 2.33. The van der Waals surface area contributed by atoms with Gasteiger partial charge in [0.15, 0.2) is 5.65 Å². The van der Waals surface area contributed by atoms with Crippen molar-refractivity contribution in [2.75, 3.05) is 44.6 Å². The highest BCUT2D eigenvalue weighted by Gasteiger charge is 2.26. The first-order valence-electron chi connectivity index (χ1n) is 11.6. The van der Waals surface area contributed by atoms with E-state index in [9.17, 15) is 0 Å². The van der Waals surface area contributed by atoms with Crippen molar-refractivity contribution in [2.24, 2.45) is 7.05 Å². The van der Waals surface area contributed by atoms with E-state index >= 15 is 0 Å². The van der Waals surface area contributed by atoms with Gasteiger partial charge < -0.3 is 24.4 Å². The summed E-state index contributed by atoms with van der Waals surface area (Å²) in [5.74, 6) is 3.92. The van der Waals surface area contributed by atoms with E-state index in [-0.39, 0.29) is 0 Å². The van der Waals surface area contributed by atoms with Crippen LogP contribution in [-0.2, 0) is 26.4 Å².